The first-order valence-electron chi connectivity index (χ1n) is 12.3. The largest absolute Gasteiger partial charge is 0.477 e. The molecular weight excluding hydrogens is 495 g/mol. The number of ether oxygens (including phenoxy) is 1. The van der Waals surface area contributed by atoms with Crippen molar-refractivity contribution in [2.24, 2.45) is 0 Å². The molecule has 0 spiro atoms. The number of cyclic esters (lactones) is 1. The van der Waals surface area contributed by atoms with E-state index in [1.165, 1.54) is 16.7 Å². The second-order valence-corrected chi connectivity index (χ2v) is 9.76. The van der Waals surface area contributed by atoms with Gasteiger partial charge in [0.15, 0.2) is 0 Å². The summed E-state index contributed by atoms with van der Waals surface area (Å²) in [6.45, 7) is 0.970. The Kier molecular flexibility index (Phi) is 6.36. The van der Waals surface area contributed by atoms with Gasteiger partial charge in [0, 0.05) is 24.8 Å². The highest BCUT2D eigenvalue weighted by atomic mass is 19.4. The second-order valence-electron chi connectivity index (χ2n) is 9.76. The number of amides is 1. The molecule has 2 fully saturated rings. The Bertz CT molecular complexity index is 1360. The standard InChI is InChI=1S/C25H26F3N3O6/c26-25(27,28)19-4-1-3-17-16(19)9-10-20(17)31-21(32)18(22(33)34)13-30(23(31)35)15-7-5-14(6-8-15)29-11-2-12-37-24(29)36/h1,3-4,13-15,20H,2,5-12H2,(H,33,34)/t14?,15?,20-/m1/s1. The highest BCUT2D eigenvalue weighted by molar-refractivity contribution is 5.86. The quantitative estimate of drug-likeness (QED) is 0.659. The number of carbonyl (C=O) groups is 2. The lowest BCUT2D eigenvalue weighted by Gasteiger charge is -2.38. The SMILES string of the molecule is O=C(O)c1cn(C2CCC(N3CCCOC3=O)CC2)c(=O)n([C@@H]2CCc3c2cccc3C(F)(F)F)c1=O. The fraction of sp³-hybridized carbons (Fsp3) is 0.520. The minimum atomic E-state index is -4.59. The molecule has 1 aliphatic heterocycles. The van der Waals surface area contributed by atoms with Gasteiger partial charge in [-0.1, -0.05) is 12.1 Å². The number of hydrogen-bond donors (Lipinski definition) is 1. The Morgan fingerprint density at radius 2 is 1.73 bits per heavy atom. The number of fused-ring (bicyclic) bond motifs is 1. The van der Waals surface area contributed by atoms with Crippen LogP contribution in [0.3, 0.4) is 0 Å². The molecule has 9 nitrogen and oxygen atoms in total. The molecule has 1 N–H and O–H groups in total. The van der Waals surface area contributed by atoms with Gasteiger partial charge >= 0.3 is 23.9 Å². The van der Waals surface area contributed by atoms with Crippen LogP contribution in [0.4, 0.5) is 18.0 Å². The molecule has 2 aliphatic carbocycles. The van der Waals surface area contributed by atoms with E-state index in [0.29, 0.717) is 38.8 Å². The number of alkyl halides is 3. The molecule has 0 unspecified atom stereocenters. The predicted molar refractivity (Wildman–Crippen MR) is 124 cm³/mol. The molecule has 1 saturated carbocycles. The van der Waals surface area contributed by atoms with Crippen LogP contribution in [-0.2, 0) is 17.3 Å². The van der Waals surface area contributed by atoms with Crippen LogP contribution in [0.25, 0.3) is 0 Å². The molecule has 1 amide bonds. The minimum Gasteiger partial charge on any atom is -0.477 e. The molecule has 0 bridgehead atoms. The van der Waals surface area contributed by atoms with Crippen molar-refractivity contribution in [3.63, 3.8) is 0 Å². The number of hydrogen-bond acceptors (Lipinski definition) is 5. The number of benzene rings is 1. The summed E-state index contributed by atoms with van der Waals surface area (Å²) in [5.74, 6) is -1.51. The molecule has 1 saturated heterocycles. The highest BCUT2D eigenvalue weighted by Crippen LogP contribution is 2.41. The Labute approximate surface area is 209 Å². The summed E-state index contributed by atoms with van der Waals surface area (Å²) in [5.41, 5.74) is -2.98. The van der Waals surface area contributed by atoms with E-state index in [1.54, 1.807) is 4.90 Å². The summed E-state index contributed by atoms with van der Waals surface area (Å²) in [4.78, 5) is 52.4. The first-order valence-corrected chi connectivity index (χ1v) is 12.3. The van der Waals surface area contributed by atoms with Crippen molar-refractivity contribution in [2.45, 2.75) is 69.2 Å². The van der Waals surface area contributed by atoms with Crippen LogP contribution < -0.4 is 11.2 Å². The van der Waals surface area contributed by atoms with Crippen LogP contribution in [-0.4, -0.2) is 50.4 Å². The number of aromatic nitrogens is 2. The van der Waals surface area contributed by atoms with E-state index in [-0.39, 0.29) is 36.1 Å². The lowest BCUT2D eigenvalue weighted by atomic mass is 9.89. The Morgan fingerprint density at radius 1 is 1.03 bits per heavy atom. The number of rotatable bonds is 4. The third kappa shape index (κ3) is 4.42. The van der Waals surface area contributed by atoms with Gasteiger partial charge in [-0.05, 0) is 62.1 Å². The van der Waals surface area contributed by atoms with Crippen LogP contribution in [0.5, 0.6) is 0 Å². The second kappa shape index (κ2) is 9.38. The number of aromatic carboxylic acids is 1. The smallest absolute Gasteiger partial charge is 0.416 e. The summed E-state index contributed by atoms with van der Waals surface area (Å²) >= 11 is 0. The summed E-state index contributed by atoms with van der Waals surface area (Å²) < 4.78 is 47.8. The summed E-state index contributed by atoms with van der Waals surface area (Å²) in [7, 11) is 0. The van der Waals surface area contributed by atoms with Gasteiger partial charge in [-0.2, -0.15) is 13.2 Å². The molecule has 5 rings (SSSR count). The molecule has 1 aromatic heterocycles. The minimum absolute atomic E-state index is 0.00983. The van der Waals surface area contributed by atoms with E-state index in [0.717, 1.165) is 23.3 Å². The Hall–Kier alpha value is -3.57. The lowest BCUT2D eigenvalue weighted by Crippen LogP contribution is -2.48. The average molecular weight is 521 g/mol. The lowest BCUT2D eigenvalue weighted by molar-refractivity contribution is -0.138. The molecule has 2 heterocycles. The van der Waals surface area contributed by atoms with Gasteiger partial charge in [-0.15, -0.1) is 0 Å². The molecule has 12 heteroatoms. The van der Waals surface area contributed by atoms with Gasteiger partial charge in [0.1, 0.15) is 5.56 Å². The molecule has 1 aromatic carbocycles. The van der Waals surface area contributed by atoms with Crippen molar-refractivity contribution in [1.29, 1.82) is 0 Å². The maximum absolute atomic E-state index is 13.6. The molecule has 0 radical (unpaired) electrons. The zero-order valence-electron chi connectivity index (χ0n) is 19.9. The fourth-order valence-corrected chi connectivity index (χ4v) is 5.99. The van der Waals surface area contributed by atoms with E-state index < -0.39 is 46.6 Å². The fourth-order valence-electron chi connectivity index (χ4n) is 5.99. The first kappa shape index (κ1) is 25.1. The van der Waals surface area contributed by atoms with Gasteiger partial charge in [0.25, 0.3) is 5.56 Å². The molecule has 3 aliphatic rings. The van der Waals surface area contributed by atoms with Crippen molar-refractivity contribution in [3.05, 3.63) is 67.5 Å². The van der Waals surface area contributed by atoms with Crippen LogP contribution >= 0.6 is 0 Å². The predicted octanol–water partition coefficient (Wildman–Crippen LogP) is 3.59. The number of carbonyl (C=O) groups excluding carboxylic acids is 1. The Morgan fingerprint density at radius 3 is 2.38 bits per heavy atom. The van der Waals surface area contributed by atoms with Crippen LogP contribution in [0.1, 0.15) is 77.7 Å². The molecule has 2 aromatic rings. The normalized spacial score (nSPS) is 24.0. The van der Waals surface area contributed by atoms with Crippen molar-refractivity contribution in [2.75, 3.05) is 13.2 Å². The van der Waals surface area contributed by atoms with E-state index in [4.69, 9.17) is 4.74 Å². The van der Waals surface area contributed by atoms with Crippen molar-refractivity contribution in [3.8, 4) is 0 Å². The molecule has 198 valence electrons. The summed E-state index contributed by atoms with van der Waals surface area (Å²) in [6, 6.07) is 2.17. The van der Waals surface area contributed by atoms with Gasteiger partial charge < -0.3 is 14.7 Å². The maximum atomic E-state index is 13.6. The van der Waals surface area contributed by atoms with Crippen LogP contribution in [0, 0.1) is 0 Å². The van der Waals surface area contributed by atoms with Crippen molar-refractivity contribution in [1.82, 2.24) is 14.0 Å². The van der Waals surface area contributed by atoms with E-state index >= 15 is 0 Å². The third-order valence-electron chi connectivity index (χ3n) is 7.73. The maximum Gasteiger partial charge on any atom is 0.416 e. The van der Waals surface area contributed by atoms with E-state index in [9.17, 15) is 37.5 Å². The summed E-state index contributed by atoms with van der Waals surface area (Å²) in [5, 5.41) is 9.70. The van der Waals surface area contributed by atoms with Crippen LogP contribution in [0.15, 0.2) is 34.0 Å². The monoisotopic (exact) mass is 521 g/mol. The topological polar surface area (TPSA) is 111 Å². The van der Waals surface area contributed by atoms with Gasteiger partial charge in [0.2, 0.25) is 0 Å². The zero-order valence-corrected chi connectivity index (χ0v) is 19.9. The van der Waals surface area contributed by atoms with E-state index in [2.05, 4.69) is 0 Å². The number of nitrogens with zero attached hydrogens (tertiary/aromatic N) is 3. The zero-order chi connectivity index (χ0) is 26.5. The van der Waals surface area contributed by atoms with Crippen LogP contribution in [0.2, 0.25) is 0 Å². The number of carboxylic acids is 1. The van der Waals surface area contributed by atoms with Gasteiger partial charge in [-0.3, -0.25) is 13.9 Å². The van der Waals surface area contributed by atoms with Crippen molar-refractivity contribution >= 4 is 12.1 Å². The Balaban J connectivity index is 1.51. The van der Waals surface area contributed by atoms with Gasteiger partial charge in [0.05, 0.1) is 18.2 Å². The number of carboxylic acid groups (broad SMARTS) is 1. The first-order chi connectivity index (χ1) is 17.6. The molecule has 1 atom stereocenters. The number of halogens is 3. The molecular formula is C25H26F3N3O6. The molecule has 37 heavy (non-hydrogen) atoms. The highest BCUT2D eigenvalue weighted by Gasteiger charge is 2.39. The van der Waals surface area contributed by atoms with E-state index in [1.807, 2.05) is 0 Å². The average Bonchev–Trinajstić information content (AvgIpc) is 3.28. The van der Waals surface area contributed by atoms with Crippen molar-refractivity contribution < 1.29 is 32.6 Å². The van der Waals surface area contributed by atoms with Gasteiger partial charge in [-0.25, -0.2) is 14.4 Å². The third-order valence-corrected chi connectivity index (χ3v) is 7.73. The summed E-state index contributed by atoms with van der Waals surface area (Å²) in [6.07, 6.45) is -1.04.